The van der Waals surface area contributed by atoms with Gasteiger partial charge < -0.3 is 14.8 Å². The van der Waals surface area contributed by atoms with Crippen LogP contribution in [0.1, 0.15) is 44.0 Å². The zero-order valence-electron chi connectivity index (χ0n) is 12.7. The zero-order chi connectivity index (χ0) is 15.4. The number of rotatable bonds is 5. The first kappa shape index (κ1) is 16.0. The number of benzene rings is 1. The third-order valence-corrected chi connectivity index (χ3v) is 3.69. The van der Waals surface area contributed by atoms with Crippen molar-refractivity contribution in [1.82, 2.24) is 5.32 Å². The Morgan fingerprint density at radius 1 is 1.24 bits per heavy atom. The molecule has 0 aromatic heterocycles. The summed E-state index contributed by atoms with van der Waals surface area (Å²) in [5.74, 6) is 1.55. The van der Waals surface area contributed by atoms with Crippen molar-refractivity contribution in [1.29, 1.82) is 0 Å². The molecule has 1 amide bonds. The predicted octanol–water partition coefficient (Wildman–Crippen LogP) is 3.67. The van der Waals surface area contributed by atoms with Gasteiger partial charge in [0.25, 0.3) is 5.91 Å². The molecule has 1 aliphatic heterocycles. The normalized spacial score (nSPS) is 14.9. The van der Waals surface area contributed by atoms with Crippen molar-refractivity contribution < 1.29 is 14.3 Å². The Morgan fingerprint density at radius 2 is 1.95 bits per heavy atom. The minimum atomic E-state index is -0.134. The lowest BCUT2D eigenvalue weighted by Gasteiger charge is -2.21. The molecular weight excluding hydrogens is 290 g/mol. The van der Waals surface area contributed by atoms with Crippen molar-refractivity contribution in [3.05, 3.63) is 22.7 Å². The molecule has 0 bridgehead atoms. The molecule has 1 atom stereocenters. The number of carbonyl (C=O) groups excluding carboxylic acids is 1. The molecule has 116 valence electrons. The van der Waals surface area contributed by atoms with Gasteiger partial charge in [-0.2, -0.15) is 0 Å². The van der Waals surface area contributed by atoms with Crippen LogP contribution in [0.4, 0.5) is 0 Å². The number of amides is 1. The van der Waals surface area contributed by atoms with E-state index in [4.69, 9.17) is 21.1 Å². The van der Waals surface area contributed by atoms with Crippen LogP contribution < -0.4 is 14.8 Å². The fraction of sp³-hybridized carbons (Fsp3) is 0.562. The van der Waals surface area contributed by atoms with Crippen LogP contribution >= 0.6 is 11.6 Å². The molecule has 5 heteroatoms. The van der Waals surface area contributed by atoms with Crippen LogP contribution in [0.2, 0.25) is 5.02 Å². The van der Waals surface area contributed by atoms with Crippen molar-refractivity contribution >= 4 is 17.5 Å². The molecule has 0 spiro atoms. The highest BCUT2D eigenvalue weighted by atomic mass is 35.5. The molecule has 1 aromatic rings. The lowest BCUT2D eigenvalue weighted by Crippen LogP contribution is -2.32. The molecule has 1 N–H and O–H groups in total. The summed E-state index contributed by atoms with van der Waals surface area (Å²) in [6, 6.07) is 3.44. The second kappa shape index (κ2) is 7.03. The Kier molecular flexibility index (Phi) is 5.34. The Morgan fingerprint density at radius 3 is 2.67 bits per heavy atom. The van der Waals surface area contributed by atoms with Gasteiger partial charge in [0.05, 0.1) is 5.02 Å². The lowest BCUT2D eigenvalue weighted by molar-refractivity contribution is 0.0936. The average Bonchev–Trinajstić information content (AvgIpc) is 2.45. The van der Waals surface area contributed by atoms with Gasteiger partial charge in [-0.05, 0) is 37.8 Å². The quantitative estimate of drug-likeness (QED) is 0.902. The van der Waals surface area contributed by atoms with Gasteiger partial charge >= 0.3 is 0 Å². The number of nitrogens with one attached hydrogen (secondary N) is 1. The molecule has 0 aliphatic carbocycles. The highest BCUT2D eigenvalue weighted by molar-refractivity contribution is 6.32. The minimum absolute atomic E-state index is 0.131. The number of halogens is 1. The van der Waals surface area contributed by atoms with Crippen LogP contribution in [0, 0.1) is 5.92 Å². The second-order valence-electron chi connectivity index (χ2n) is 5.83. The van der Waals surface area contributed by atoms with Gasteiger partial charge in [-0.15, -0.1) is 0 Å². The summed E-state index contributed by atoms with van der Waals surface area (Å²) in [5.41, 5.74) is 0.501. The summed E-state index contributed by atoms with van der Waals surface area (Å²) in [4.78, 5) is 12.3. The highest BCUT2D eigenvalue weighted by Crippen LogP contribution is 2.38. The first-order valence-corrected chi connectivity index (χ1v) is 7.75. The maximum absolute atomic E-state index is 12.3. The van der Waals surface area contributed by atoms with Gasteiger partial charge in [0.15, 0.2) is 11.5 Å². The Labute approximate surface area is 130 Å². The van der Waals surface area contributed by atoms with Crippen molar-refractivity contribution in [2.75, 3.05) is 13.2 Å². The number of ether oxygens (including phenoxy) is 2. The zero-order valence-corrected chi connectivity index (χ0v) is 13.5. The monoisotopic (exact) mass is 311 g/mol. The Hall–Kier alpha value is -1.42. The third-order valence-electron chi connectivity index (χ3n) is 3.41. The maximum Gasteiger partial charge on any atom is 0.251 e. The van der Waals surface area contributed by atoms with Crippen molar-refractivity contribution in [3.8, 4) is 11.5 Å². The second-order valence-corrected chi connectivity index (χ2v) is 6.24. The molecule has 4 nitrogen and oxygen atoms in total. The summed E-state index contributed by atoms with van der Waals surface area (Å²) < 4.78 is 10.9. The topological polar surface area (TPSA) is 47.6 Å². The van der Waals surface area contributed by atoms with Gasteiger partial charge in [-0.1, -0.05) is 25.4 Å². The van der Waals surface area contributed by atoms with Gasteiger partial charge in [-0.3, -0.25) is 4.79 Å². The molecule has 1 heterocycles. The molecule has 0 fully saturated rings. The summed E-state index contributed by atoms with van der Waals surface area (Å²) in [6.07, 6.45) is 2.05. The van der Waals surface area contributed by atoms with Crippen LogP contribution in [0.5, 0.6) is 11.5 Å². The Bertz CT molecular complexity index is 516. The highest BCUT2D eigenvalue weighted by Gasteiger charge is 2.20. The number of carbonyl (C=O) groups is 1. The number of fused-ring (bicyclic) bond motifs is 1. The van der Waals surface area contributed by atoms with E-state index < -0.39 is 0 Å². The Balaban J connectivity index is 2.04. The van der Waals surface area contributed by atoms with E-state index in [0.29, 0.717) is 41.2 Å². The van der Waals surface area contributed by atoms with Crippen LogP contribution in [0.25, 0.3) is 0 Å². The number of hydrogen-bond donors (Lipinski definition) is 1. The van der Waals surface area contributed by atoms with Gasteiger partial charge in [-0.25, -0.2) is 0 Å². The van der Waals surface area contributed by atoms with E-state index >= 15 is 0 Å². The van der Waals surface area contributed by atoms with Gasteiger partial charge in [0, 0.05) is 11.6 Å². The van der Waals surface area contributed by atoms with Gasteiger partial charge in [0.1, 0.15) is 13.2 Å². The molecule has 1 aromatic carbocycles. The summed E-state index contributed by atoms with van der Waals surface area (Å²) >= 11 is 6.15. The molecule has 0 radical (unpaired) electrons. The van der Waals surface area contributed by atoms with Crippen LogP contribution in [0.3, 0.4) is 0 Å². The smallest absolute Gasteiger partial charge is 0.251 e. The average molecular weight is 312 g/mol. The van der Waals surface area contributed by atoms with Crippen LogP contribution in [0.15, 0.2) is 12.1 Å². The van der Waals surface area contributed by atoms with E-state index in [9.17, 15) is 4.79 Å². The molecule has 21 heavy (non-hydrogen) atoms. The van der Waals surface area contributed by atoms with Crippen molar-refractivity contribution in [2.45, 2.75) is 39.7 Å². The van der Waals surface area contributed by atoms with Gasteiger partial charge in [0.2, 0.25) is 0 Å². The SMILES string of the molecule is CC(C)CCC(C)NC(=O)c1cc(Cl)c2c(c1)OCCO2. The minimum Gasteiger partial charge on any atom is -0.486 e. The summed E-state index contributed by atoms with van der Waals surface area (Å²) in [7, 11) is 0. The largest absolute Gasteiger partial charge is 0.486 e. The lowest BCUT2D eigenvalue weighted by atomic mass is 10.0. The molecule has 0 saturated carbocycles. The molecule has 0 saturated heterocycles. The fourth-order valence-corrected chi connectivity index (χ4v) is 2.47. The van der Waals surface area contributed by atoms with E-state index in [2.05, 4.69) is 19.2 Å². The van der Waals surface area contributed by atoms with Crippen LogP contribution in [-0.4, -0.2) is 25.2 Å². The standard InChI is InChI=1S/C16H22ClNO3/c1-10(2)4-5-11(3)18-16(19)12-8-13(17)15-14(9-12)20-6-7-21-15/h8-11H,4-7H2,1-3H3,(H,18,19). The summed E-state index contributed by atoms with van der Waals surface area (Å²) in [6.45, 7) is 7.31. The molecule has 2 rings (SSSR count). The van der Waals surface area contributed by atoms with Crippen molar-refractivity contribution in [2.24, 2.45) is 5.92 Å². The summed E-state index contributed by atoms with van der Waals surface area (Å²) in [5, 5.41) is 3.40. The predicted molar refractivity (Wildman–Crippen MR) is 83.4 cm³/mol. The van der Waals surface area contributed by atoms with E-state index in [0.717, 1.165) is 12.8 Å². The molecule has 1 aliphatic rings. The van der Waals surface area contributed by atoms with Crippen LogP contribution in [-0.2, 0) is 0 Å². The molecular formula is C16H22ClNO3. The maximum atomic E-state index is 12.3. The fourth-order valence-electron chi connectivity index (χ4n) is 2.20. The molecule has 1 unspecified atom stereocenters. The third kappa shape index (κ3) is 4.27. The van der Waals surface area contributed by atoms with Crippen molar-refractivity contribution in [3.63, 3.8) is 0 Å². The van der Waals surface area contributed by atoms with E-state index in [-0.39, 0.29) is 11.9 Å². The first-order chi connectivity index (χ1) is 9.97. The first-order valence-electron chi connectivity index (χ1n) is 7.37. The van der Waals surface area contributed by atoms with E-state index in [1.807, 2.05) is 6.92 Å². The van der Waals surface area contributed by atoms with E-state index in [1.165, 1.54) is 0 Å². The number of hydrogen-bond acceptors (Lipinski definition) is 3. The van der Waals surface area contributed by atoms with E-state index in [1.54, 1.807) is 12.1 Å².